The molecule has 2 N–H and O–H groups in total. The molecule has 272 valence electrons. The summed E-state index contributed by atoms with van der Waals surface area (Å²) in [4.78, 5) is 45.5. The lowest BCUT2D eigenvalue weighted by Crippen LogP contribution is -2.54. The molecular weight excluding hydrogens is 650 g/mol. The highest BCUT2D eigenvalue weighted by Crippen LogP contribution is 2.36. The standard InChI is InChI=1S/C34H53N7O7S/c1-23(2)41-31-10-8-7-9-24(31)17-30(33(41)44)32(43)35-25-18-26-11-12-27(19-25)40(26)22-29(42)21-39(34(45)48-6)16-15-38-14-13-28(20-38)37(5)49(46,47)36(3)4/h7-10,17,23,25-29,42H,11-16,18-22H2,1-6H3,(H,35,43). The number of likely N-dealkylation sites (tertiary alicyclic amines) is 1. The van der Waals surface area contributed by atoms with Crippen LogP contribution in [-0.2, 0) is 14.9 Å². The molecule has 2 aromatic rings. The minimum Gasteiger partial charge on any atom is -0.453 e. The Hall–Kier alpha value is -3.08. The number of piperidine rings is 1. The van der Waals surface area contributed by atoms with Crippen molar-refractivity contribution in [2.75, 3.05) is 67.5 Å². The average Bonchev–Trinajstić information content (AvgIpc) is 3.62. The molecule has 3 fully saturated rings. The summed E-state index contributed by atoms with van der Waals surface area (Å²) < 4.78 is 34.4. The molecule has 0 aliphatic carbocycles. The van der Waals surface area contributed by atoms with Gasteiger partial charge in [-0.3, -0.25) is 19.4 Å². The molecule has 5 rings (SSSR count). The number of benzene rings is 1. The molecular formula is C34H53N7O7S. The number of hydrogen-bond acceptors (Lipinski definition) is 9. The van der Waals surface area contributed by atoms with E-state index < -0.39 is 22.4 Å². The largest absolute Gasteiger partial charge is 0.453 e. The van der Waals surface area contributed by atoms with Crippen molar-refractivity contribution in [1.29, 1.82) is 0 Å². The molecule has 4 atom stereocenters. The van der Waals surface area contributed by atoms with Crippen LogP contribution in [0.1, 0.15) is 62.4 Å². The van der Waals surface area contributed by atoms with Crippen LogP contribution in [0.15, 0.2) is 35.1 Å². The number of carbonyl (C=O) groups excluding carboxylic acids is 2. The molecule has 2 bridgehead atoms. The van der Waals surface area contributed by atoms with Crippen LogP contribution in [-0.4, -0.2) is 151 Å². The number of aliphatic hydroxyl groups is 1. The van der Waals surface area contributed by atoms with Crippen molar-refractivity contribution in [2.45, 2.75) is 82.3 Å². The lowest BCUT2D eigenvalue weighted by molar-refractivity contribution is 0.0301. The quantitative estimate of drug-likeness (QED) is 0.317. The molecule has 0 spiro atoms. The van der Waals surface area contributed by atoms with Gasteiger partial charge in [-0.1, -0.05) is 18.2 Å². The van der Waals surface area contributed by atoms with E-state index in [0.29, 0.717) is 39.1 Å². The molecule has 0 radical (unpaired) electrons. The number of ether oxygens (including phenoxy) is 1. The predicted molar refractivity (Wildman–Crippen MR) is 188 cm³/mol. The van der Waals surface area contributed by atoms with Crippen molar-refractivity contribution in [2.24, 2.45) is 0 Å². The van der Waals surface area contributed by atoms with Crippen molar-refractivity contribution in [3.8, 4) is 0 Å². The molecule has 14 nitrogen and oxygen atoms in total. The third-order valence-electron chi connectivity index (χ3n) is 10.5. The summed E-state index contributed by atoms with van der Waals surface area (Å²) in [5.74, 6) is -0.355. The molecule has 3 saturated heterocycles. The van der Waals surface area contributed by atoms with Gasteiger partial charge in [-0.15, -0.1) is 0 Å². The molecule has 1 aromatic carbocycles. The molecule has 3 aliphatic heterocycles. The van der Waals surface area contributed by atoms with Gasteiger partial charge in [0.25, 0.3) is 21.7 Å². The van der Waals surface area contributed by atoms with Crippen LogP contribution in [0.4, 0.5) is 4.79 Å². The van der Waals surface area contributed by atoms with Crippen LogP contribution in [0.5, 0.6) is 0 Å². The Morgan fingerprint density at radius 1 is 1.08 bits per heavy atom. The summed E-state index contributed by atoms with van der Waals surface area (Å²) in [7, 11) is 2.43. The number of amides is 2. The van der Waals surface area contributed by atoms with Crippen LogP contribution in [0, 0.1) is 0 Å². The second-order valence-corrected chi connectivity index (χ2v) is 16.4. The minimum atomic E-state index is -3.52. The number of methoxy groups -OCH3 is 1. The normalized spacial score (nSPS) is 23.9. The number of likely N-dealkylation sites (N-methyl/N-ethyl adjacent to an activating group) is 1. The highest BCUT2D eigenvalue weighted by Gasteiger charge is 2.42. The maximum absolute atomic E-state index is 13.5. The number of hydrogen-bond donors (Lipinski definition) is 2. The molecule has 15 heteroatoms. The number of nitrogens with one attached hydrogen (secondary N) is 1. The molecule has 2 amide bonds. The summed E-state index contributed by atoms with van der Waals surface area (Å²) in [6.45, 7) is 6.52. The van der Waals surface area contributed by atoms with E-state index in [1.807, 2.05) is 38.1 Å². The lowest BCUT2D eigenvalue weighted by Gasteiger charge is -2.40. The van der Waals surface area contributed by atoms with Gasteiger partial charge in [0.15, 0.2) is 0 Å². The SMILES string of the molecule is COC(=O)N(CCN1CCC(N(C)S(=O)(=O)N(C)C)C1)CC(O)CN1C2CCC1CC(NC(=O)c1cc3ccccc3n(C(C)C)c1=O)C2. The van der Waals surface area contributed by atoms with E-state index in [2.05, 4.69) is 15.1 Å². The van der Waals surface area contributed by atoms with Gasteiger partial charge in [0.2, 0.25) is 0 Å². The van der Waals surface area contributed by atoms with Gasteiger partial charge in [-0.25, -0.2) is 4.79 Å². The maximum atomic E-state index is 13.5. The van der Waals surface area contributed by atoms with E-state index in [1.54, 1.807) is 17.7 Å². The van der Waals surface area contributed by atoms with Crippen molar-refractivity contribution >= 4 is 33.1 Å². The number of nitrogens with zero attached hydrogens (tertiary/aromatic N) is 6. The highest BCUT2D eigenvalue weighted by molar-refractivity contribution is 7.86. The number of pyridine rings is 1. The zero-order valence-electron chi connectivity index (χ0n) is 29.6. The third-order valence-corrected chi connectivity index (χ3v) is 12.4. The minimum absolute atomic E-state index is 0.0839. The lowest BCUT2D eigenvalue weighted by atomic mass is 9.96. The fourth-order valence-corrected chi connectivity index (χ4v) is 8.94. The number of aromatic nitrogens is 1. The summed E-state index contributed by atoms with van der Waals surface area (Å²) >= 11 is 0. The van der Waals surface area contributed by atoms with E-state index in [4.69, 9.17) is 4.74 Å². The topological polar surface area (TPSA) is 148 Å². The van der Waals surface area contributed by atoms with E-state index >= 15 is 0 Å². The number of rotatable bonds is 13. The summed E-state index contributed by atoms with van der Waals surface area (Å²) in [5, 5.41) is 15.2. The first-order valence-electron chi connectivity index (χ1n) is 17.3. The van der Waals surface area contributed by atoms with Crippen LogP contribution in [0.3, 0.4) is 0 Å². The van der Waals surface area contributed by atoms with Gasteiger partial charge < -0.3 is 24.6 Å². The first-order valence-corrected chi connectivity index (χ1v) is 18.7. The number of carbonyl (C=O) groups is 2. The Kier molecular flexibility index (Phi) is 11.7. The molecule has 1 aromatic heterocycles. The summed E-state index contributed by atoms with van der Waals surface area (Å²) in [6.07, 6.45) is 2.72. The van der Waals surface area contributed by atoms with E-state index in [9.17, 15) is 27.9 Å². The van der Waals surface area contributed by atoms with Gasteiger partial charge in [0.05, 0.1) is 25.3 Å². The Morgan fingerprint density at radius 2 is 1.76 bits per heavy atom. The van der Waals surface area contributed by atoms with Crippen molar-refractivity contribution in [1.82, 2.24) is 33.2 Å². The van der Waals surface area contributed by atoms with Crippen LogP contribution in [0.2, 0.25) is 0 Å². The Balaban J connectivity index is 1.15. The van der Waals surface area contributed by atoms with Crippen LogP contribution >= 0.6 is 0 Å². The Bertz CT molecular complexity index is 1650. The van der Waals surface area contributed by atoms with Gasteiger partial charge in [0, 0.05) is 77.5 Å². The fraction of sp³-hybridized carbons (Fsp3) is 0.676. The third kappa shape index (κ3) is 8.12. The van der Waals surface area contributed by atoms with Crippen molar-refractivity contribution in [3.05, 3.63) is 46.2 Å². The number of para-hydroxylation sites is 1. The summed E-state index contributed by atoms with van der Waals surface area (Å²) in [5.41, 5.74) is 0.662. The monoisotopic (exact) mass is 703 g/mol. The van der Waals surface area contributed by atoms with E-state index in [-0.39, 0.29) is 53.8 Å². The molecule has 49 heavy (non-hydrogen) atoms. The molecule has 4 heterocycles. The van der Waals surface area contributed by atoms with E-state index in [1.165, 1.54) is 34.7 Å². The fourth-order valence-electron chi connectivity index (χ4n) is 7.88. The zero-order valence-corrected chi connectivity index (χ0v) is 30.4. The first kappa shape index (κ1) is 37.2. The zero-order chi connectivity index (χ0) is 35.6. The second kappa shape index (κ2) is 15.4. The van der Waals surface area contributed by atoms with Crippen molar-refractivity contribution < 1.29 is 27.9 Å². The number of aliphatic hydroxyl groups excluding tert-OH is 1. The predicted octanol–water partition coefficient (Wildman–Crippen LogP) is 1.55. The smallest absolute Gasteiger partial charge is 0.409 e. The Labute approximate surface area is 289 Å². The number of fused-ring (bicyclic) bond motifs is 3. The van der Waals surface area contributed by atoms with Gasteiger partial charge in [-0.05, 0) is 70.0 Å². The van der Waals surface area contributed by atoms with E-state index in [0.717, 1.165) is 36.6 Å². The molecule has 3 aliphatic rings. The molecule has 4 unspecified atom stereocenters. The highest BCUT2D eigenvalue weighted by atomic mass is 32.2. The van der Waals surface area contributed by atoms with Crippen LogP contribution < -0.4 is 10.9 Å². The summed E-state index contributed by atoms with van der Waals surface area (Å²) in [6, 6.07) is 9.30. The average molecular weight is 704 g/mol. The van der Waals surface area contributed by atoms with Crippen LogP contribution in [0.25, 0.3) is 10.9 Å². The Morgan fingerprint density at radius 3 is 2.39 bits per heavy atom. The van der Waals surface area contributed by atoms with Crippen molar-refractivity contribution in [3.63, 3.8) is 0 Å². The molecule has 0 saturated carbocycles. The first-order chi connectivity index (χ1) is 23.2. The van der Waals surface area contributed by atoms with Gasteiger partial charge >= 0.3 is 6.09 Å². The van der Waals surface area contributed by atoms with Gasteiger partial charge in [0.1, 0.15) is 5.56 Å². The van der Waals surface area contributed by atoms with Gasteiger partial charge in [-0.2, -0.15) is 17.0 Å². The maximum Gasteiger partial charge on any atom is 0.409 e. The second-order valence-electron chi connectivity index (χ2n) is 14.2.